The summed E-state index contributed by atoms with van der Waals surface area (Å²) in [6, 6.07) is 7.64. The molecule has 1 aliphatic rings. The number of fused-ring (bicyclic) bond motifs is 1. The summed E-state index contributed by atoms with van der Waals surface area (Å²) >= 11 is 9.65. The number of alkyl halides is 3. The van der Waals surface area contributed by atoms with Gasteiger partial charge in [0, 0.05) is 10.0 Å². The third kappa shape index (κ3) is 4.78. The number of rotatable bonds is 4. The zero-order valence-corrected chi connectivity index (χ0v) is 18.8. The Kier molecular flexibility index (Phi) is 6.37. The molecule has 0 unspecified atom stereocenters. The minimum absolute atomic E-state index is 0.0739. The number of likely N-dealkylation sites (tertiary alicyclic amines) is 1. The fraction of sp³-hybridized carbons (Fsp3) is 0.381. The quantitative estimate of drug-likeness (QED) is 0.407. The number of aromatic nitrogens is 3. The Morgan fingerprint density at radius 1 is 1.10 bits per heavy atom. The molecule has 0 bridgehead atoms. The molecular formula is C21H19BrClF3N4O. The van der Waals surface area contributed by atoms with Crippen LogP contribution in [0.2, 0.25) is 5.02 Å². The fourth-order valence-electron chi connectivity index (χ4n) is 3.71. The van der Waals surface area contributed by atoms with Crippen LogP contribution < -0.4 is 0 Å². The first-order chi connectivity index (χ1) is 14.7. The second-order valence-electron chi connectivity index (χ2n) is 7.54. The number of benzene rings is 1. The first-order valence-corrected chi connectivity index (χ1v) is 11.1. The van der Waals surface area contributed by atoms with Crippen LogP contribution in [0.3, 0.4) is 0 Å². The number of carbonyl (C=O) groups is 1. The van der Waals surface area contributed by atoms with Crippen LogP contribution in [0, 0.1) is 0 Å². The molecule has 10 heteroatoms. The van der Waals surface area contributed by atoms with E-state index in [-0.39, 0.29) is 28.6 Å². The zero-order chi connectivity index (χ0) is 22.2. The lowest BCUT2D eigenvalue weighted by atomic mass is 10.1. The molecule has 3 aromatic rings. The Balaban J connectivity index is 1.77. The summed E-state index contributed by atoms with van der Waals surface area (Å²) < 4.78 is 42.8. The SMILES string of the molecule is O=C(CN1CCCCCC1)c1nn2c(C(F)(F)F)cc(-c3ccc(Br)cc3)nc2c1Cl. The molecule has 4 rings (SSSR count). The summed E-state index contributed by atoms with van der Waals surface area (Å²) in [4.78, 5) is 19.2. The second-order valence-corrected chi connectivity index (χ2v) is 8.84. The first kappa shape index (κ1) is 22.2. The summed E-state index contributed by atoms with van der Waals surface area (Å²) in [6.07, 6.45) is -0.508. The zero-order valence-electron chi connectivity index (χ0n) is 16.4. The van der Waals surface area contributed by atoms with Crippen LogP contribution in [-0.4, -0.2) is 44.9 Å². The highest BCUT2D eigenvalue weighted by Crippen LogP contribution is 2.35. The number of carbonyl (C=O) groups excluding carboxylic acids is 1. The average Bonchev–Trinajstić information content (AvgIpc) is 2.88. The topological polar surface area (TPSA) is 50.5 Å². The lowest BCUT2D eigenvalue weighted by Crippen LogP contribution is -2.31. The van der Waals surface area contributed by atoms with Gasteiger partial charge in [-0.3, -0.25) is 9.69 Å². The normalized spacial score (nSPS) is 15.9. The predicted molar refractivity (Wildman–Crippen MR) is 115 cm³/mol. The maximum atomic E-state index is 13.8. The molecule has 2 aromatic heterocycles. The van der Waals surface area contributed by atoms with E-state index in [1.807, 2.05) is 4.90 Å². The predicted octanol–water partition coefficient (Wildman–Crippen LogP) is 5.89. The molecule has 1 saturated heterocycles. The molecule has 0 spiro atoms. The van der Waals surface area contributed by atoms with Crippen molar-refractivity contribution in [2.75, 3.05) is 19.6 Å². The molecule has 0 saturated carbocycles. The monoisotopic (exact) mass is 514 g/mol. The van der Waals surface area contributed by atoms with Crippen molar-refractivity contribution < 1.29 is 18.0 Å². The van der Waals surface area contributed by atoms with Crippen LogP contribution in [0.15, 0.2) is 34.8 Å². The van der Waals surface area contributed by atoms with Crippen LogP contribution in [-0.2, 0) is 6.18 Å². The van der Waals surface area contributed by atoms with Gasteiger partial charge in [0.05, 0.1) is 12.2 Å². The van der Waals surface area contributed by atoms with Gasteiger partial charge in [0.15, 0.2) is 22.8 Å². The summed E-state index contributed by atoms with van der Waals surface area (Å²) in [6.45, 7) is 1.62. The number of ketones is 1. The second kappa shape index (κ2) is 8.88. The molecule has 5 nitrogen and oxygen atoms in total. The smallest absolute Gasteiger partial charge is 0.296 e. The number of halogens is 5. The van der Waals surface area contributed by atoms with Gasteiger partial charge in [-0.15, -0.1) is 0 Å². The molecule has 3 heterocycles. The lowest BCUT2D eigenvalue weighted by molar-refractivity contribution is -0.142. The van der Waals surface area contributed by atoms with Crippen LogP contribution in [0.4, 0.5) is 13.2 Å². The van der Waals surface area contributed by atoms with Crippen LogP contribution in [0.5, 0.6) is 0 Å². The summed E-state index contributed by atoms with van der Waals surface area (Å²) in [5.74, 6) is -0.407. The summed E-state index contributed by atoms with van der Waals surface area (Å²) in [5.41, 5.74) is -0.816. The Labute approximate surface area is 190 Å². The van der Waals surface area contributed by atoms with Crippen molar-refractivity contribution in [1.82, 2.24) is 19.5 Å². The van der Waals surface area contributed by atoms with E-state index in [1.165, 1.54) is 0 Å². The van der Waals surface area contributed by atoms with Gasteiger partial charge in [-0.1, -0.05) is 52.5 Å². The van der Waals surface area contributed by atoms with Gasteiger partial charge in [-0.2, -0.15) is 18.3 Å². The highest BCUT2D eigenvalue weighted by atomic mass is 79.9. The van der Waals surface area contributed by atoms with Crippen LogP contribution in [0.25, 0.3) is 16.9 Å². The van der Waals surface area contributed by atoms with Gasteiger partial charge < -0.3 is 0 Å². The van der Waals surface area contributed by atoms with E-state index in [0.29, 0.717) is 10.1 Å². The molecule has 0 amide bonds. The molecule has 0 aliphatic carbocycles. The van der Waals surface area contributed by atoms with Crippen molar-refractivity contribution >= 4 is 39.0 Å². The molecule has 1 aromatic carbocycles. The van der Waals surface area contributed by atoms with Crippen molar-refractivity contribution in [3.8, 4) is 11.3 Å². The van der Waals surface area contributed by atoms with Crippen LogP contribution in [0.1, 0.15) is 41.9 Å². The van der Waals surface area contributed by atoms with E-state index in [0.717, 1.165) is 49.3 Å². The largest absolute Gasteiger partial charge is 0.433 e. The number of hydrogen-bond acceptors (Lipinski definition) is 4. The maximum Gasteiger partial charge on any atom is 0.433 e. The van der Waals surface area contributed by atoms with Crippen molar-refractivity contribution in [1.29, 1.82) is 0 Å². The van der Waals surface area contributed by atoms with Crippen molar-refractivity contribution in [2.45, 2.75) is 31.9 Å². The lowest BCUT2D eigenvalue weighted by Gasteiger charge is -2.17. The van der Waals surface area contributed by atoms with Gasteiger partial charge in [0.1, 0.15) is 5.02 Å². The van der Waals surface area contributed by atoms with Gasteiger partial charge in [0.2, 0.25) is 0 Å². The summed E-state index contributed by atoms with van der Waals surface area (Å²) in [5, 5.41) is 3.77. The third-order valence-corrected chi connectivity index (χ3v) is 6.17. The molecule has 31 heavy (non-hydrogen) atoms. The Morgan fingerprint density at radius 3 is 2.35 bits per heavy atom. The van der Waals surface area contributed by atoms with E-state index in [1.54, 1.807) is 24.3 Å². The molecule has 0 atom stereocenters. The Hall–Kier alpha value is -1.97. The minimum Gasteiger partial charge on any atom is -0.296 e. The Morgan fingerprint density at radius 2 is 1.74 bits per heavy atom. The third-order valence-electron chi connectivity index (χ3n) is 5.29. The van der Waals surface area contributed by atoms with Gasteiger partial charge in [0.25, 0.3) is 0 Å². The molecule has 0 radical (unpaired) electrons. The summed E-state index contributed by atoms with van der Waals surface area (Å²) in [7, 11) is 0. The van der Waals surface area contributed by atoms with Crippen LogP contribution >= 0.6 is 27.5 Å². The minimum atomic E-state index is -4.70. The van der Waals surface area contributed by atoms with Crippen molar-refractivity contribution in [3.05, 3.63) is 51.2 Å². The van der Waals surface area contributed by atoms with E-state index < -0.39 is 17.7 Å². The molecule has 1 fully saturated rings. The molecular weight excluding hydrogens is 497 g/mol. The molecule has 1 aliphatic heterocycles. The fourth-order valence-corrected chi connectivity index (χ4v) is 4.24. The van der Waals surface area contributed by atoms with E-state index in [4.69, 9.17) is 11.6 Å². The molecule has 0 N–H and O–H groups in total. The van der Waals surface area contributed by atoms with Gasteiger partial charge >= 0.3 is 6.18 Å². The highest BCUT2D eigenvalue weighted by molar-refractivity contribution is 9.10. The number of hydrogen-bond donors (Lipinski definition) is 0. The average molecular weight is 516 g/mol. The maximum absolute atomic E-state index is 13.8. The van der Waals surface area contributed by atoms with E-state index in [2.05, 4.69) is 26.0 Å². The van der Waals surface area contributed by atoms with Crippen molar-refractivity contribution in [2.24, 2.45) is 0 Å². The first-order valence-electron chi connectivity index (χ1n) is 9.92. The van der Waals surface area contributed by atoms with Crippen molar-refractivity contribution in [3.63, 3.8) is 0 Å². The Bertz CT molecular complexity index is 1110. The van der Waals surface area contributed by atoms with E-state index >= 15 is 0 Å². The van der Waals surface area contributed by atoms with Gasteiger partial charge in [-0.25, -0.2) is 9.50 Å². The van der Waals surface area contributed by atoms with E-state index in [9.17, 15) is 18.0 Å². The number of nitrogens with zero attached hydrogens (tertiary/aromatic N) is 4. The molecule has 164 valence electrons. The standard InChI is InChI=1S/C21H19BrClF3N4O/c22-14-7-5-13(6-8-14)15-11-17(21(24,25)26)30-20(27-15)18(23)19(28-30)16(31)12-29-9-3-1-2-4-10-29/h5-8,11H,1-4,9-10,12H2. The number of Topliss-reactive ketones (excluding diaryl/α,β-unsaturated/α-hetero) is 1. The highest BCUT2D eigenvalue weighted by Gasteiger charge is 2.36. The van der Waals surface area contributed by atoms with Gasteiger partial charge in [-0.05, 0) is 44.1 Å².